The topological polar surface area (TPSA) is 91.4 Å². The monoisotopic (exact) mass is 420 g/mol. The summed E-state index contributed by atoms with van der Waals surface area (Å²) in [4.78, 5) is 37.8. The van der Waals surface area contributed by atoms with Crippen LogP contribution in [-0.4, -0.2) is 61.7 Å². The second kappa shape index (κ2) is 9.93. The first-order chi connectivity index (χ1) is 14.8. The summed E-state index contributed by atoms with van der Waals surface area (Å²) >= 11 is 0. The van der Waals surface area contributed by atoms with E-state index in [-0.39, 0.29) is 6.10 Å². The van der Waals surface area contributed by atoms with Crippen molar-refractivity contribution in [1.29, 1.82) is 0 Å². The number of nitrogens with zero attached hydrogens (tertiary/aromatic N) is 1. The minimum Gasteiger partial charge on any atom is -0.493 e. The van der Waals surface area contributed by atoms with E-state index in [2.05, 4.69) is 0 Å². The van der Waals surface area contributed by atoms with Crippen molar-refractivity contribution in [2.75, 3.05) is 20.8 Å². The highest BCUT2D eigenvalue weighted by atomic mass is 16.5. The lowest BCUT2D eigenvalue weighted by atomic mass is 9.91. The van der Waals surface area contributed by atoms with E-state index < -0.39 is 36.3 Å². The third-order valence-electron chi connectivity index (χ3n) is 5.47. The Kier molecular flexibility index (Phi) is 6.84. The molecule has 1 aliphatic heterocycles. The molecule has 1 saturated heterocycles. The molecule has 0 spiro atoms. The molecule has 30 heavy (non-hydrogen) atoms. The van der Waals surface area contributed by atoms with Crippen molar-refractivity contribution in [3.63, 3.8) is 0 Å². The smallest absolute Gasteiger partial charge is 0.303 e. The van der Waals surface area contributed by atoms with Crippen LogP contribution in [-0.2, 0) is 30.3 Å². The first-order valence-corrected chi connectivity index (χ1v) is 10.2. The zero-order valence-electron chi connectivity index (χ0n) is 18.6. The van der Waals surface area contributed by atoms with Gasteiger partial charge < -0.3 is 18.9 Å². The molecule has 0 radical (unpaired) electrons. The Labute approximate surface area is 177 Å². The summed E-state index contributed by atoms with van der Waals surface area (Å²) in [7, 11) is 3.16. The standard InChI is InChI=1S/C22H29NO7/c1-14(24)30-20-13-21(25)23(22(20)26)16-6-4-5-7-17(16)29-11-10-15-8-9-18(27-2)19(12-15)28-3/h8-9,12,16-17,20H,4-7,10-11,13H2,1-3H3/t16-,17?,20?/m1/s1/i20D. The normalized spacial score (nSPS) is 27.0. The van der Waals surface area contributed by atoms with Crippen LogP contribution in [0.15, 0.2) is 18.2 Å². The average molecular weight is 420 g/mol. The van der Waals surface area contributed by atoms with E-state index in [1.807, 2.05) is 18.2 Å². The zero-order chi connectivity index (χ0) is 22.6. The number of benzene rings is 1. The molecule has 1 heterocycles. The van der Waals surface area contributed by atoms with Gasteiger partial charge in [0.1, 0.15) is 0 Å². The van der Waals surface area contributed by atoms with Crippen molar-refractivity contribution in [2.45, 2.75) is 63.7 Å². The highest BCUT2D eigenvalue weighted by Gasteiger charge is 2.47. The lowest BCUT2D eigenvalue weighted by Crippen LogP contribution is -2.50. The van der Waals surface area contributed by atoms with Gasteiger partial charge in [0.05, 0.1) is 40.8 Å². The molecule has 3 atom stereocenters. The van der Waals surface area contributed by atoms with E-state index in [4.69, 9.17) is 20.3 Å². The van der Waals surface area contributed by atoms with Crippen molar-refractivity contribution in [3.8, 4) is 11.5 Å². The Bertz CT molecular complexity index is 845. The predicted octanol–water partition coefficient (Wildman–Crippen LogP) is 2.26. The second-order valence-electron chi connectivity index (χ2n) is 7.46. The summed E-state index contributed by atoms with van der Waals surface area (Å²) in [5, 5.41) is 0. The van der Waals surface area contributed by atoms with Gasteiger partial charge in [-0.15, -0.1) is 0 Å². The van der Waals surface area contributed by atoms with Crippen LogP contribution in [0.3, 0.4) is 0 Å². The molecule has 1 saturated carbocycles. The number of carbonyl (C=O) groups is 3. The van der Waals surface area contributed by atoms with Crippen LogP contribution >= 0.6 is 0 Å². The van der Waals surface area contributed by atoms with Gasteiger partial charge in [0.25, 0.3) is 5.91 Å². The SMILES string of the molecule is [2H]C1(OC(C)=O)CC(=O)N([C@@H]2CCCCC2OCCc2ccc(OC)c(OC)c2)C1=O. The van der Waals surface area contributed by atoms with Crippen molar-refractivity contribution in [3.05, 3.63) is 23.8 Å². The van der Waals surface area contributed by atoms with Crippen LogP contribution in [0.4, 0.5) is 0 Å². The number of ether oxygens (including phenoxy) is 4. The first-order valence-electron chi connectivity index (χ1n) is 10.7. The van der Waals surface area contributed by atoms with Gasteiger partial charge >= 0.3 is 5.97 Å². The van der Waals surface area contributed by atoms with Gasteiger partial charge in [0.15, 0.2) is 17.6 Å². The third-order valence-corrected chi connectivity index (χ3v) is 5.47. The molecule has 1 aromatic carbocycles. The van der Waals surface area contributed by atoms with Crippen LogP contribution in [0.2, 0.25) is 0 Å². The summed E-state index contributed by atoms with van der Waals surface area (Å²) in [5.74, 6) is -0.752. The van der Waals surface area contributed by atoms with E-state index in [9.17, 15) is 14.4 Å². The number of carbonyl (C=O) groups excluding carboxylic acids is 3. The maximum atomic E-state index is 12.8. The molecule has 8 nitrogen and oxygen atoms in total. The van der Waals surface area contributed by atoms with E-state index in [0.29, 0.717) is 37.4 Å². The van der Waals surface area contributed by atoms with Crippen LogP contribution in [0.25, 0.3) is 0 Å². The van der Waals surface area contributed by atoms with E-state index in [1.165, 1.54) is 0 Å². The zero-order valence-corrected chi connectivity index (χ0v) is 17.6. The maximum absolute atomic E-state index is 12.8. The summed E-state index contributed by atoms with van der Waals surface area (Å²) in [6.45, 7) is 1.53. The van der Waals surface area contributed by atoms with Crippen LogP contribution in [0.1, 0.15) is 46.0 Å². The fraction of sp³-hybridized carbons (Fsp3) is 0.591. The third kappa shape index (κ3) is 4.92. The van der Waals surface area contributed by atoms with Gasteiger partial charge in [0.2, 0.25) is 5.91 Å². The Hall–Kier alpha value is -2.61. The summed E-state index contributed by atoms with van der Waals surface area (Å²) < 4.78 is 29.7. The quantitative estimate of drug-likeness (QED) is 0.471. The fourth-order valence-corrected chi connectivity index (χ4v) is 4.07. The molecular formula is C22H29NO7. The van der Waals surface area contributed by atoms with Gasteiger partial charge in [-0.3, -0.25) is 19.3 Å². The minimum absolute atomic E-state index is 0.318. The second-order valence-corrected chi connectivity index (χ2v) is 7.46. The summed E-state index contributed by atoms with van der Waals surface area (Å²) in [6.07, 6.45) is 0.786. The fourth-order valence-electron chi connectivity index (χ4n) is 4.07. The highest BCUT2D eigenvalue weighted by molar-refractivity contribution is 6.06. The molecule has 0 aromatic heterocycles. The summed E-state index contributed by atoms with van der Waals surface area (Å²) in [6, 6.07) is 5.20. The first kappa shape index (κ1) is 20.7. The molecule has 1 aromatic rings. The molecule has 2 amide bonds. The molecule has 2 unspecified atom stereocenters. The summed E-state index contributed by atoms with van der Waals surface area (Å²) in [5.41, 5.74) is 1.01. The lowest BCUT2D eigenvalue weighted by Gasteiger charge is -2.36. The van der Waals surface area contributed by atoms with Crippen molar-refractivity contribution in [1.82, 2.24) is 4.90 Å². The number of imide groups is 1. The largest absolute Gasteiger partial charge is 0.493 e. The van der Waals surface area contributed by atoms with E-state index in [0.717, 1.165) is 30.2 Å². The molecule has 3 rings (SSSR count). The average Bonchev–Trinajstić information content (AvgIpc) is 2.95. The number of rotatable bonds is 8. The molecule has 2 fully saturated rings. The van der Waals surface area contributed by atoms with Crippen molar-refractivity contribution >= 4 is 17.8 Å². The molecule has 0 bridgehead atoms. The van der Waals surface area contributed by atoms with Crippen molar-refractivity contribution < 1.29 is 34.7 Å². The Balaban J connectivity index is 1.65. The molecule has 8 heteroatoms. The number of amides is 2. The highest BCUT2D eigenvalue weighted by Crippen LogP contribution is 2.31. The van der Waals surface area contributed by atoms with Crippen LogP contribution in [0, 0.1) is 0 Å². The lowest BCUT2D eigenvalue weighted by molar-refractivity contribution is -0.158. The Morgan fingerprint density at radius 3 is 2.60 bits per heavy atom. The molecule has 164 valence electrons. The predicted molar refractivity (Wildman–Crippen MR) is 107 cm³/mol. The van der Waals surface area contributed by atoms with Crippen molar-refractivity contribution in [2.24, 2.45) is 0 Å². The molecule has 1 aliphatic carbocycles. The Morgan fingerprint density at radius 2 is 1.90 bits per heavy atom. The van der Waals surface area contributed by atoms with Gasteiger partial charge in [0, 0.05) is 6.92 Å². The minimum atomic E-state index is -2.18. The Morgan fingerprint density at radius 1 is 1.17 bits per heavy atom. The van der Waals surface area contributed by atoms with Gasteiger partial charge in [-0.25, -0.2) is 0 Å². The van der Waals surface area contributed by atoms with E-state index in [1.54, 1.807) is 14.2 Å². The van der Waals surface area contributed by atoms with Gasteiger partial charge in [-0.1, -0.05) is 18.9 Å². The van der Waals surface area contributed by atoms with E-state index >= 15 is 0 Å². The van der Waals surface area contributed by atoms with Crippen LogP contribution < -0.4 is 9.47 Å². The number of hydrogen-bond acceptors (Lipinski definition) is 7. The van der Waals surface area contributed by atoms with Gasteiger partial charge in [-0.05, 0) is 37.0 Å². The maximum Gasteiger partial charge on any atom is 0.303 e. The molecular weight excluding hydrogens is 390 g/mol. The van der Waals surface area contributed by atoms with Crippen LogP contribution in [0.5, 0.6) is 11.5 Å². The number of likely N-dealkylation sites (tertiary alicyclic amines) is 1. The molecule has 0 N–H and O–H groups in total. The number of methoxy groups -OCH3 is 2. The molecule has 2 aliphatic rings. The van der Waals surface area contributed by atoms with Gasteiger partial charge in [-0.2, -0.15) is 0 Å². The number of esters is 1. The number of hydrogen-bond donors (Lipinski definition) is 0.